The van der Waals surface area contributed by atoms with Gasteiger partial charge in [-0.3, -0.25) is 4.98 Å². The summed E-state index contributed by atoms with van der Waals surface area (Å²) in [7, 11) is 0. The fourth-order valence-corrected chi connectivity index (χ4v) is 3.30. The van der Waals surface area contributed by atoms with Gasteiger partial charge in [0, 0.05) is 29.6 Å². The van der Waals surface area contributed by atoms with Gasteiger partial charge in [-0.25, -0.2) is 0 Å². The van der Waals surface area contributed by atoms with Crippen molar-refractivity contribution < 1.29 is 9.84 Å². The van der Waals surface area contributed by atoms with Crippen molar-refractivity contribution in [3.63, 3.8) is 0 Å². The Bertz CT molecular complexity index is 1040. The average Bonchev–Trinajstić information content (AvgIpc) is 2.70. The lowest BCUT2D eigenvalue weighted by molar-refractivity contribution is 0.0986. The van der Waals surface area contributed by atoms with E-state index < -0.39 is 6.10 Å². The lowest BCUT2D eigenvalue weighted by Crippen LogP contribution is -2.46. The van der Waals surface area contributed by atoms with Crippen molar-refractivity contribution in [1.29, 1.82) is 5.26 Å². The third kappa shape index (κ3) is 7.53. The SMILES string of the molecule is CC(C)(Cc1ccc2ccccc2n1)NCC(O)COc1cccc(Cl)c1C#N.Cl.Cl. The van der Waals surface area contributed by atoms with Gasteiger partial charge in [-0.1, -0.05) is 41.9 Å². The molecule has 3 aromatic rings. The summed E-state index contributed by atoms with van der Waals surface area (Å²) in [5.74, 6) is 0.374. The largest absolute Gasteiger partial charge is 0.489 e. The Labute approximate surface area is 200 Å². The highest BCUT2D eigenvalue weighted by atomic mass is 35.5. The number of fused-ring (bicyclic) bond motifs is 1. The number of halogens is 3. The van der Waals surface area contributed by atoms with Crippen LogP contribution in [0.25, 0.3) is 10.9 Å². The fourth-order valence-electron chi connectivity index (χ4n) is 3.09. The molecule has 1 heterocycles. The van der Waals surface area contributed by atoms with Crippen LogP contribution in [0, 0.1) is 11.3 Å². The van der Waals surface area contributed by atoms with Crippen molar-refractivity contribution in [3.05, 3.63) is 70.9 Å². The van der Waals surface area contributed by atoms with E-state index in [0.29, 0.717) is 17.3 Å². The molecular weight excluding hydrogens is 457 g/mol. The van der Waals surface area contributed by atoms with E-state index in [9.17, 15) is 10.4 Å². The standard InChI is InChI=1S/C23H24ClN3O2.2ClH/c1-23(2,12-17-11-10-16-6-3-4-8-21(16)27-17)26-14-18(28)15-29-22-9-5-7-20(24)19(22)13-25;;/h3-11,18,26,28H,12,14-15H2,1-2H3;2*1H. The summed E-state index contributed by atoms with van der Waals surface area (Å²) in [6.45, 7) is 4.56. The van der Waals surface area contributed by atoms with Crippen LogP contribution in [0.5, 0.6) is 5.75 Å². The fraction of sp³-hybridized carbons (Fsp3) is 0.304. The number of nitrogens with one attached hydrogen (secondary N) is 1. The van der Waals surface area contributed by atoms with E-state index in [1.54, 1.807) is 18.2 Å². The van der Waals surface area contributed by atoms with Gasteiger partial charge in [0.2, 0.25) is 0 Å². The van der Waals surface area contributed by atoms with Crippen molar-refractivity contribution in [1.82, 2.24) is 10.3 Å². The molecule has 0 radical (unpaired) electrons. The van der Waals surface area contributed by atoms with Crippen molar-refractivity contribution in [2.45, 2.75) is 31.9 Å². The van der Waals surface area contributed by atoms with Crippen molar-refractivity contribution in [2.24, 2.45) is 0 Å². The number of rotatable bonds is 8. The molecule has 31 heavy (non-hydrogen) atoms. The minimum atomic E-state index is -0.732. The number of para-hydroxylation sites is 1. The number of hydrogen-bond donors (Lipinski definition) is 2. The molecule has 5 nitrogen and oxygen atoms in total. The lowest BCUT2D eigenvalue weighted by atomic mass is 9.97. The summed E-state index contributed by atoms with van der Waals surface area (Å²) in [5.41, 5.74) is 1.98. The molecule has 1 aromatic heterocycles. The molecule has 0 spiro atoms. The number of hydrogen-bond acceptors (Lipinski definition) is 5. The zero-order valence-electron chi connectivity index (χ0n) is 17.3. The normalized spacial score (nSPS) is 11.7. The predicted octanol–water partition coefficient (Wildman–Crippen LogP) is 4.95. The smallest absolute Gasteiger partial charge is 0.138 e. The Morgan fingerprint density at radius 2 is 1.87 bits per heavy atom. The minimum Gasteiger partial charge on any atom is -0.489 e. The topological polar surface area (TPSA) is 78.2 Å². The number of nitrogens with zero attached hydrogens (tertiary/aromatic N) is 2. The second-order valence-corrected chi connectivity index (χ2v) is 8.03. The lowest BCUT2D eigenvalue weighted by Gasteiger charge is -2.27. The maximum absolute atomic E-state index is 10.3. The molecule has 0 amide bonds. The molecule has 0 saturated carbocycles. The number of nitriles is 1. The molecule has 0 aliphatic carbocycles. The van der Waals surface area contributed by atoms with E-state index in [2.05, 4.69) is 25.2 Å². The van der Waals surface area contributed by atoms with Crippen LogP contribution in [0.3, 0.4) is 0 Å². The second-order valence-electron chi connectivity index (χ2n) is 7.63. The first-order valence-electron chi connectivity index (χ1n) is 9.47. The molecule has 0 bridgehead atoms. The summed E-state index contributed by atoms with van der Waals surface area (Å²) in [6, 6.07) is 19.2. The van der Waals surface area contributed by atoms with Gasteiger partial charge in [0.25, 0.3) is 0 Å². The van der Waals surface area contributed by atoms with Crippen LogP contribution in [0.1, 0.15) is 25.1 Å². The van der Waals surface area contributed by atoms with Crippen molar-refractivity contribution in [3.8, 4) is 11.8 Å². The van der Waals surface area contributed by atoms with Crippen LogP contribution in [-0.2, 0) is 6.42 Å². The molecule has 1 atom stereocenters. The molecule has 0 aliphatic rings. The van der Waals surface area contributed by atoms with Crippen molar-refractivity contribution in [2.75, 3.05) is 13.2 Å². The Morgan fingerprint density at radius 3 is 2.61 bits per heavy atom. The van der Waals surface area contributed by atoms with E-state index in [1.807, 2.05) is 36.4 Å². The van der Waals surface area contributed by atoms with E-state index in [1.165, 1.54) is 0 Å². The van der Waals surface area contributed by atoms with Gasteiger partial charge in [-0.15, -0.1) is 24.8 Å². The molecule has 0 saturated heterocycles. The number of aromatic nitrogens is 1. The second kappa shape index (κ2) is 12.1. The number of benzene rings is 2. The average molecular weight is 483 g/mol. The Hall–Kier alpha value is -2.07. The third-order valence-electron chi connectivity index (χ3n) is 4.61. The molecule has 1 unspecified atom stereocenters. The van der Waals surface area contributed by atoms with Crippen LogP contribution < -0.4 is 10.1 Å². The third-order valence-corrected chi connectivity index (χ3v) is 4.93. The van der Waals surface area contributed by atoms with Gasteiger partial charge in [-0.05, 0) is 38.1 Å². The quantitative estimate of drug-likeness (QED) is 0.475. The van der Waals surface area contributed by atoms with Gasteiger partial charge in [0.1, 0.15) is 30.1 Å². The highest BCUT2D eigenvalue weighted by Gasteiger charge is 2.20. The molecule has 2 N–H and O–H groups in total. The number of aliphatic hydroxyl groups is 1. The monoisotopic (exact) mass is 481 g/mol. The van der Waals surface area contributed by atoms with Crippen LogP contribution in [0.15, 0.2) is 54.6 Å². The number of pyridine rings is 1. The maximum atomic E-state index is 10.3. The summed E-state index contributed by atoms with van der Waals surface area (Å²) in [5, 5.41) is 24.3. The zero-order chi connectivity index (χ0) is 20.9. The number of ether oxygens (including phenoxy) is 1. The zero-order valence-corrected chi connectivity index (χ0v) is 19.7. The van der Waals surface area contributed by atoms with Gasteiger partial charge in [0.15, 0.2) is 0 Å². The van der Waals surface area contributed by atoms with Crippen LogP contribution in [0.2, 0.25) is 5.02 Å². The first kappa shape index (κ1) is 27.0. The molecule has 2 aromatic carbocycles. The minimum absolute atomic E-state index is 0. The van der Waals surface area contributed by atoms with E-state index in [0.717, 1.165) is 23.0 Å². The Balaban J connectivity index is 0.00000240. The van der Waals surface area contributed by atoms with Crippen molar-refractivity contribution >= 4 is 47.3 Å². The summed E-state index contributed by atoms with van der Waals surface area (Å²) >= 11 is 6.00. The van der Waals surface area contributed by atoms with Gasteiger partial charge in [-0.2, -0.15) is 5.26 Å². The molecule has 0 fully saturated rings. The molecule has 166 valence electrons. The first-order valence-corrected chi connectivity index (χ1v) is 9.85. The maximum Gasteiger partial charge on any atom is 0.138 e. The number of β-amino-alcohol motifs (C(OH)–C–C–N with tert-alkyl or cyclic N) is 1. The van der Waals surface area contributed by atoms with E-state index in [-0.39, 0.29) is 42.5 Å². The predicted molar refractivity (Wildman–Crippen MR) is 130 cm³/mol. The van der Waals surface area contributed by atoms with Crippen LogP contribution in [0.4, 0.5) is 0 Å². The van der Waals surface area contributed by atoms with Crippen LogP contribution in [-0.4, -0.2) is 34.9 Å². The number of aliphatic hydroxyl groups excluding tert-OH is 1. The molecular formula is C23H26Cl3N3O2. The van der Waals surface area contributed by atoms with Gasteiger partial charge >= 0.3 is 0 Å². The highest BCUT2D eigenvalue weighted by Crippen LogP contribution is 2.25. The Kier molecular flexibility index (Phi) is 10.5. The first-order chi connectivity index (χ1) is 13.9. The molecule has 3 rings (SSSR count). The summed E-state index contributed by atoms with van der Waals surface area (Å²) < 4.78 is 5.59. The summed E-state index contributed by atoms with van der Waals surface area (Å²) in [6.07, 6.45) is -0.0116. The summed E-state index contributed by atoms with van der Waals surface area (Å²) in [4.78, 5) is 4.72. The Morgan fingerprint density at radius 1 is 1.13 bits per heavy atom. The van der Waals surface area contributed by atoms with E-state index >= 15 is 0 Å². The molecule has 8 heteroatoms. The molecule has 0 aliphatic heterocycles. The van der Waals surface area contributed by atoms with Gasteiger partial charge in [0.05, 0.1) is 10.5 Å². The van der Waals surface area contributed by atoms with E-state index in [4.69, 9.17) is 21.3 Å². The van der Waals surface area contributed by atoms with Gasteiger partial charge < -0.3 is 15.2 Å². The highest BCUT2D eigenvalue weighted by molar-refractivity contribution is 6.31. The van der Waals surface area contributed by atoms with Crippen LogP contribution >= 0.6 is 36.4 Å².